The molecule has 0 saturated heterocycles. The van der Waals surface area contributed by atoms with Gasteiger partial charge in [-0.1, -0.05) is 23.7 Å². The van der Waals surface area contributed by atoms with Crippen LogP contribution in [0.2, 0.25) is 5.02 Å². The van der Waals surface area contributed by atoms with Crippen LogP contribution in [-0.4, -0.2) is 5.91 Å². The van der Waals surface area contributed by atoms with Crippen LogP contribution in [0.5, 0.6) is 0 Å². The van der Waals surface area contributed by atoms with Gasteiger partial charge in [-0.2, -0.15) is 0 Å². The molecule has 4 saturated carbocycles. The lowest BCUT2D eigenvalue weighted by molar-refractivity contribution is -0.126. The first-order chi connectivity index (χ1) is 10.1. The SMILES string of the molecule is NC(=O)CC1(c2ccc(Cl)cc2)C2CC3CC(C2)CC1C3. The predicted molar refractivity (Wildman–Crippen MR) is 84.0 cm³/mol. The quantitative estimate of drug-likeness (QED) is 0.904. The van der Waals surface area contributed by atoms with E-state index in [2.05, 4.69) is 12.1 Å². The number of carbonyl (C=O) groups excluding carboxylic acids is 1. The first kappa shape index (κ1) is 13.6. The van der Waals surface area contributed by atoms with E-state index >= 15 is 0 Å². The molecule has 0 spiro atoms. The third-order valence-corrected chi connectivity index (χ3v) is 6.70. The Balaban J connectivity index is 1.81. The Bertz CT molecular complexity index is 537. The van der Waals surface area contributed by atoms with E-state index in [-0.39, 0.29) is 11.3 Å². The molecule has 0 unspecified atom stereocenters. The highest BCUT2D eigenvalue weighted by atomic mass is 35.5. The number of rotatable bonds is 3. The van der Waals surface area contributed by atoms with Gasteiger partial charge in [-0.15, -0.1) is 0 Å². The maximum Gasteiger partial charge on any atom is 0.218 e. The van der Waals surface area contributed by atoms with Gasteiger partial charge < -0.3 is 5.73 Å². The van der Waals surface area contributed by atoms with Gasteiger partial charge in [0, 0.05) is 16.9 Å². The summed E-state index contributed by atoms with van der Waals surface area (Å²) >= 11 is 6.06. The molecule has 1 aromatic carbocycles. The highest BCUT2D eigenvalue weighted by Crippen LogP contribution is 2.64. The maximum atomic E-state index is 11.8. The van der Waals surface area contributed by atoms with Gasteiger partial charge in [0.2, 0.25) is 5.91 Å². The van der Waals surface area contributed by atoms with E-state index in [9.17, 15) is 4.79 Å². The summed E-state index contributed by atoms with van der Waals surface area (Å²) in [4.78, 5) is 11.8. The monoisotopic (exact) mass is 303 g/mol. The van der Waals surface area contributed by atoms with E-state index in [1.165, 1.54) is 37.7 Å². The molecule has 2 nitrogen and oxygen atoms in total. The summed E-state index contributed by atoms with van der Waals surface area (Å²) in [6.45, 7) is 0. The van der Waals surface area contributed by atoms with Crippen LogP contribution < -0.4 is 5.73 Å². The summed E-state index contributed by atoms with van der Waals surface area (Å²) in [5, 5.41) is 0.761. The van der Waals surface area contributed by atoms with Crippen LogP contribution >= 0.6 is 11.6 Å². The molecule has 0 radical (unpaired) electrons. The van der Waals surface area contributed by atoms with Crippen molar-refractivity contribution < 1.29 is 4.79 Å². The standard InChI is InChI=1S/C18H22ClNO/c19-16-3-1-13(2-4-16)18(10-17(20)21)14-6-11-5-12(8-14)9-15(18)7-11/h1-4,11-12,14-15H,5-10H2,(H2,20,21). The zero-order chi connectivity index (χ0) is 14.6. The van der Waals surface area contributed by atoms with E-state index < -0.39 is 0 Å². The van der Waals surface area contributed by atoms with Crippen molar-refractivity contribution in [1.82, 2.24) is 0 Å². The van der Waals surface area contributed by atoms with Crippen LogP contribution in [0.1, 0.15) is 44.1 Å². The van der Waals surface area contributed by atoms with Gasteiger partial charge in [0.15, 0.2) is 0 Å². The van der Waals surface area contributed by atoms with Crippen molar-refractivity contribution in [2.45, 2.75) is 43.9 Å². The fourth-order valence-electron chi connectivity index (χ4n) is 5.94. The van der Waals surface area contributed by atoms with Crippen molar-refractivity contribution in [3.05, 3.63) is 34.9 Å². The van der Waals surface area contributed by atoms with Gasteiger partial charge in [-0.25, -0.2) is 0 Å². The summed E-state index contributed by atoms with van der Waals surface area (Å²) in [5.41, 5.74) is 6.93. The molecular formula is C18H22ClNO. The van der Waals surface area contributed by atoms with Crippen LogP contribution in [0.25, 0.3) is 0 Å². The lowest BCUT2D eigenvalue weighted by Gasteiger charge is -2.61. The summed E-state index contributed by atoms with van der Waals surface area (Å²) < 4.78 is 0. The smallest absolute Gasteiger partial charge is 0.218 e. The molecule has 0 atom stereocenters. The van der Waals surface area contributed by atoms with E-state index in [1.54, 1.807) is 0 Å². The van der Waals surface area contributed by atoms with Gasteiger partial charge in [0.25, 0.3) is 0 Å². The molecule has 4 aliphatic carbocycles. The van der Waals surface area contributed by atoms with Crippen molar-refractivity contribution in [3.8, 4) is 0 Å². The van der Waals surface area contributed by atoms with Gasteiger partial charge in [0.05, 0.1) is 0 Å². The molecule has 4 bridgehead atoms. The minimum Gasteiger partial charge on any atom is -0.370 e. The topological polar surface area (TPSA) is 43.1 Å². The zero-order valence-corrected chi connectivity index (χ0v) is 13.0. The first-order valence-corrected chi connectivity index (χ1v) is 8.50. The fourth-order valence-corrected chi connectivity index (χ4v) is 6.06. The Morgan fingerprint density at radius 2 is 1.57 bits per heavy atom. The molecule has 4 fully saturated rings. The number of hydrogen-bond donors (Lipinski definition) is 1. The van der Waals surface area contributed by atoms with Crippen molar-refractivity contribution in [2.75, 3.05) is 0 Å². The van der Waals surface area contributed by atoms with Crippen LogP contribution in [-0.2, 0) is 10.2 Å². The molecule has 1 amide bonds. The number of primary amides is 1. The summed E-state index contributed by atoms with van der Waals surface area (Å²) in [6, 6.07) is 8.19. The highest BCUT2D eigenvalue weighted by Gasteiger charge is 2.58. The summed E-state index contributed by atoms with van der Waals surface area (Å²) in [6.07, 6.45) is 7.04. The molecule has 0 heterocycles. The lowest BCUT2D eigenvalue weighted by atomic mass is 9.43. The number of carbonyl (C=O) groups is 1. The average Bonchev–Trinajstić information content (AvgIpc) is 2.43. The van der Waals surface area contributed by atoms with Crippen molar-refractivity contribution >= 4 is 17.5 Å². The highest BCUT2D eigenvalue weighted by molar-refractivity contribution is 6.30. The predicted octanol–water partition coefficient (Wildman–Crippen LogP) is 3.91. The normalized spacial score (nSPS) is 40.4. The van der Waals surface area contributed by atoms with Gasteiger partial charge >= 0.3 is 0 Å². The number of halogens is 1. The number of hydrogen-bond acceptors (Lipinski definition) is 1. The van der Waals surface area contributed by atoms with Crippen LogP contribution in [0.3, 0.4) is 0 Å². The Hall–Kier alpha value is -1.02. The Morgan fingerprint density at radius 1 is 1.05 bits per heavy atom. The van der Waals surface area contributed by atoms with E-state index in [4.69, 9.17) is 17.3 Å². The summed E-state index contributed by atoms with van der Waals surface area (Å²) in [7, 11) is 0. The van der Waals surface area contributed by atoms with Gasteiger partial charge in [-0.3, -0.25) is 4.79 Å². The zero-order valence-electron chi connectivity index (χ0n) is 12.2. The maximum absolute atomic E-state index is 11.8. The largest absolute Gasteiger partial charge is 0.370 e. The minimum atomic E-state index is -0.155. The first-order valence-electron chi connectivity index (χ1n) is 8.12. The third-order valence-electron chi connectivity index (χ3n) is 6.44. The second kappa shape index (κ2) is 4.74. The lowest BCUT2D eigenvalue weighted by Crippen LogP contribution is -2.56. The van der Waals surface area contributed by atoms with Crippen molar-refractivity contribution in [1.29, 1.82) is 0 Å². The molecule has 2 N–H and O–H groups in total. The molecule has 21 heavy (non-hydrogen) atoms. The molecule has 1 aromatic rings. The Labute approximate surface area is 131 Å². The summed E-state index contributed by atoms with van der Waals surface area (Å²) in [5.74, 6) is 2.88. The average molecular weight is 304 g/mol. The van der Waals surface area contributed by atoms with Crippen molar-refractivity contribution in [3.63, 3.8) is 0 Å². The molecule has 0 aromatic heterocycles. The van der Waals surface area contributed by atoms with E-state index in [0.29, 0.717) is 18.3 Å². The fraction of sp³-hybridized carbons (Fsp3) is 0.611. The van der Waals surface area contributed by atoms with Crippen LogP contribution in [0, 0.1) is 23.7 Å². The third kappa shape index (κ3) is 2.03. The van der Waals surface area contributed by atoms with E-state index in [0.717, 1.165) is 16.9 Å². The van der Waals surface area contributed by atoms with Gasteiger partial charge in [-0.05, 0) is 73.5 Å². The molecule has 3 heteroatoms. The number of benzene rings is 1. The van der Waals surface area contributed by atoms with Crippen LogP contribution in [0.4, 0.5) is 0 Å². The second-order valence-corrected chi connectivity index (χ2v) is 7.93. The van der Waals surface area contributed by atoms with E-state index in [1.807, 2.05) is 12.1 Å². The molecule has 0 aliphatic heterocycles. The van der Waals surface area contributed by atoms with Gasteiger partial charge in [0.1, 0.15) is 0 Å². The van der Waals surface area contributed by atoms with Crippen LogP contribution in [0.15, 0.2) is 24.3 Å². The van der Waals surface area contributed by atoms with Crippen molar-refractivity contribution in [2.24, 2.45) is 29.4 Å². The minimum absolute atomic E-state index is 0.0240. The molecular weight excluding hydrogens is 282 g/mol. The Kier molecular flexibility index (Phi) is 3.08. The number of amides is 1. The Morgan fingerprint density at radius 3 is 2.05 bits per heavy atom. The molecule has 4 aliphatic rings. The molecule has 5 rings (SSSR count). The molecule has 112 valence electrons. The second-order valence-electron chi connectivity index (χ2n) is 7.49. The number of nitrogens with two attached hydrogens (primary N) is 1.